The van der Waals surface area contributed by atoms with Crippen LogP contribution in [0.2, 0.25) is 0 Å². The van der Waals surface area contributed by atoms with Crippen LogP contribution in [0.3, 0.4) is 0 Å². The zero-order valence-electron chi connectivity index (χ0n) is 10.6. The number of phenols is 1. The first kappa shape index (κ1) is 12.9. The van der Waals surface area contributed by atoms with Gasteiger partial charge >= 0.3 is 0 Å². The lowest BCUT2D eigenvalue weighted by Crippen LogP contribution is -2.29. The van der Waals surface area contributed by atoms with E-state index in [1.165, 1.54) is 6.07 Å². The van der Waals surface area contributed by atoms with Crippen molar-refractivity contribution in [1.82, 2.24) is 0 Å². The largest absolute Gasteiger partial charge is 0.508 e. The standard InChI is InChI=1S/C15H10BrNO3/c1-8-12(3-2-4-13(8)18)17-14(19)10-6-5-9(16)7-11(10)15(17)20/h2-7,18H,1H3. The molecule has 20 heavy (non-hydrogen) atoms. The van der Waals surface area contributed by atoms with Crippen LogP contribution in [-0.2, 0) is 0 Å². The molecule has 0 aliphatic carbocycles. The van der Waals surface area contributed by atoms with Crippen LogP contribution in [0.25, 0.3) is 0 Å². The first-order valence-electron chi connectivity index (χ1n) is 5.97. The van der Waals surface area contributed by atoms with Gasteiger partial charge < -0.3 is 5.11 Å². The molecule has 0 spiro atoms. The predicted molar refractivity (Wildman–Crippen MR) is 78.1 cm³/mol. The maximum atomic E-state index is 12.4. The molecule has 0 atom stereocenters. The Balaban J connectivity index is 2.17. The van der Waals surface area contributed by atoms with Crippen molar-refractivity contribution in [2.75, 3.05) is 4.90 Å². The SMILES string of the molecule is Cc1c(O)cccc1N1C(=O)c2ccc(Br)cc2C1=O. The quantitative estimate of drug-likeness (QED) is 0.816. The summed E-state index contributed by atoms with van der Waals surface area (Å²) in [6.45, 7) is 1.67. The van der Waals surface area contributed by atoms with E-state index in [0.29, 0.717) is 22.4 Å². The first-order valence-corrected chi connectivity index (χ1v) is 6.77. The minimum atomic E-state index is -0.375. The molecular formula is C15H10BrNO3. The topological polar surface area (TPSA) is 57.6 Å². The molecule has 4 nitrogen and oxygen atoms in total. The van der Waals surface area contributed by atoms with Crippen molar-refractivity contribution < 1.29 is 14.7 Å². The summed E-state index contributed by atoms with van der Waals surface area (Å²) in [5, 5.41) is 9.74. The van der Waals surface area contributed by atoms with E-state index in [0.717, 1.165) is 9.37 Å². The molecule has 0 saturated carbocycles. The second kappa shape index (κ2) is 4.45. The summed E-state index contributed by atoms with van der Waals surface area (Å²) in [4.78, 5) is 25.9. The van der Waals surface area contributed by atoms with Crippen LogP contribution in [0.4, 0.5) is 5.69 Å². The van der Waals surface area contributed by atoms with Gasteiger partial charge in [0, 0.05) is 10.0 Å². The molecule has 2 aromatic rings. The van der Waals surface area contributed by atoms with Gasteiger partial charge in [-0.3, -0.25) is 9.59 Å². The Kier molecular flexibility index (Phi) is 2.87. The van der Waals surface area contributed by atoms with Crippen molar-refractivity contribution in [3.8, 4) is 5.75 Å². The molecule has 1 aliphatic heterocycles. The zero-order valence-corrected chi connectivity index (χ0v) is 12.1. The van der Waals surface area contributed by atoms with Gasteiger partial charge in [0.2, 0.25) is 0 Å². The number of carbonyl (C=O) groups is 2. The van der Waals surface area contributed by atoms with Crippen LogP contribution in [0.1, 0.15) is 26.3 Å². The van der Waals surface area contributed by atoms with E-state index in [-0.39, 0.29) is 17.6 Å². The molecule has 0 bridgehead atoms. The summed E-state index contributed by atoms with van der Waals surface area (Å²) in [7, 11) is 0. The lowest BCUT2D eigenvalue weighted by molar-refractivity contribution is 0.0926. The molecule has 1 heterocycles. The van der Waals surface area contributed by atoms with Crippen LogP contribution >= 0.6 is 15.9 Å². The van der Waals surface area contributed by atoms with Gasteiger partial charge in [0.05, 0.1) is 16.8 Å². The third kappa shape index (κ3) is 1.74. The van der Waals surface area contributed by atoms with Gasteiger partial charge in [-0.15, -0.1) is 0 Å². The highest BCUT2D eigenvalue weighted by Crippen LogP contribution is 2.34. The number of hydrogen-bond donors (Lipinski definition) is 1. The molecule has 0 fully saturated rings. The highest BCUT2D eigenvalue weighted by atomic mass is 79.9. The number of nitrogens with zero attached hydrogens (tertiary/aromatic N) is 1. The molecule has 100 valence electrons. The Hall–Kier alpha value is -2.14. The van der Waals surface area contributed by atoms with E-state index in [2.05, 4.69) is 15.9 Å². The van der Waals surface area contributed by atoms with Crippen molar-refractivity contribution in [2.45, 2.75) is 6.92 Å². The lowest BCUT2D eigenvalue weighted by atomic mass is 10.1. The van der Waals surface area contributed by atoms with Crippen LogP contribution in [0.5, 0.6) is 5.75 Å². The third-order valence-electron chi connectivity index (χ3n) is 3.37. The summed E-state index contributed by atoms with van der Waals surface area (Å²) in [5.41, 5.74) is 1.65. The fourth-order valence-corrected chi connectivity index (χ4v) is 2.65. The number of fused-ring (bicyclic) bond motifs is 1. The Bertz CT molecular complexity index is 755. The highest BCUT2D eigenvalue weighted by molar-refractivity contribution is 9.10. The molecule has 0 saturated heterocycles. The van der Waals surface area contributed by atoms with E-state index < -0.39 is 0 Å². The monoisotopic (exact) mass is 331 g/mol. The van der Waals surface area contributed by atoms with Gasteiger partial charge in [0.1, 0.15) is 5.75 Å². The number of halogens is 1. The van der Waals surface area contributed by atoms with Crippen LogP contribution in [-0.4, -0.2) is 16.9 Å². The van der Waals surface area contributed by atoms with Gasteiger partial charge in [0.25, 0.3) is 11.8 Å². The number of amides is 2. The summed E-state index contributed by atoms with van der Waals surface area (Å²) in [5.74, 6) is -0.688. The second-order valence-corrected chi connectivity index (χ2v) is 5.47. The summed E-state index contributed by atoms with van der Waals surface area (Å²) >= 11 is 3.29. The van der Waals surface area contributed by atoms with Crippen molar-refractivity contribution in [1.29, 1.82) is 0 Å². The van der Waals surface area contributed by atoms with Gasteiger partial charge in [-0.1, -0.05) is 22.0 Å². The molecule has 0 radical (unpaired) electrons. The van der Waals surface area contributed by atoms with Crippen LogP contribution < -0.4 is 4.90 Å². The normalized spacial score (nSPS) is 13.8. The number of rotatable bonds is 1. The molecular weight excluding hydrogens is 322 g/mol. The predicted octanol–water partition coefficient (Wildman–Crippen LogP) is 3.26. The van der Waals surface area contributed by atoms with Crippen LogP contribution in [0.15, 0.2) is 40.9 Å². The Labute approximate surface area is 123 Å². The average molecular weight is 332 g/mol. The Morgan fingerprint density at radius 2 is 1.75 bits per heavy atom. The summed E-state index contributed by atoms with van der Waals surface area (Å²) < 4.78 is 0.742. The van der Waals surface area contributed by atoms with Crippen LogP contribution in [0, 0.1) is 6.92 Å². The molecule has 0 unspecified atom stereocenters. The second-order valence-electron chi connectivity index (χ2n) is 4.56. The minimum absolute atomic E-state index is 0.0558. The zero-order chi connectivity index (χ0) is 14.4. The van der Waals surface area contributed by atoms with Crippen molar-refractivity contribution >= 4 is 33.4 Å². The molecule has 2 amide bonds. The van der Waals surface area contributed by atoms with E-state index >= 15 is 0 Å². The molecule has 3 rings (SSSR count). The van der Waals surface area contributed by atoms with Crippen molar-refractivity contribution in [3.63, 3.8) is 0 Å². The molecule has 1 N–H and O–H groups in total. The molecule has 0 aromatic heterocycles. The molecule has 1 aliphatic rings. The Morgan fingerprint density at radius 1 is 1.05 bits per heavy atom. The minimum Gasteiger partial charge on any atom is -0.508 e. The number of anilines is 1. The van der Waals surface area contributed by atoms with Gasteiger partial charge in [-0.05, 0) is 37.3 Å². The fourth-order valence-electron chi connectivity index (χ4n) is 2.29. The van der Waals surface area contributed by atoms with Gasteiger partial charge in [-0.2, -0.15) is 0 Å². The number of aromatic hydroxyl groups is 1. The summed E-state index contributed by atoms with van der Waals surface area (Å²) in [6, 6.07) is 9.75. The number of imide groups is 1. The number of phenolic OH excluding ortho intramolecular Hbond substituents is 1. The maximum absolute atomic E-state index is 12.4. The maximum Gasteiger partial charge on any atom is 0.266 e. The number of hydrogen-bond acceptors (Lipinski definition) is 3. The smallest absolute Gasteiger partial charge is 0.266 e. The lowest BCUT2D eigenvalue weighted by Gasteiger charge is -2.17. The Morgan fingerprint density at radius 3 is 2.50 bits per heavy atom. The summed E-state index contributed by atoms with van der Waals surface area (Å²) in [6.07, 6.45) is 0. The highest BCUT2D eigenvalue weighted by Gasteiger charge is 2.37. The number of benzene rings is 2. The fraction of sp³-hybridized carbons (Fsp3) is 0.0667. The van der Waals surface area contributed by atoms with E-state index in [4.69, 9.17) is 0 Å². The third-order valence-corrected chi connectivity index (χ3v) is 3.86. The van der Waals surface area contributed by atoms with E-state index in [1.54, 1.807) is 37.3 Å². The average Bonchev–Trinajstić information content (AvgIpc) is 2.65. The number of carbonyl (C=O) groups excluding carboxylic acids is 2. The molecule has 2 aromatic carbocycles. The van der Waals surface area contributed by atoms with Crippen molar-refractivity contribution in [2.24, 2.45) is 0 Å². The molecule has 5 heteroatoms. The van der Waals surface area contributed by atoms with Gasteiger partial charge in [0.15, 0.2) is 0 Å². The first-order chi connectivity index (χ1) is 9.50. The van der Waals surface area contributed by atoms with Gasteiger partial charge in [-0.25, -0.2) is 4.90 Å². The van der Waals surface area contributed by atoms with E-state index in [1.807, 2.05) is 0 Å². The van der Waals surface area contributed by atoms with E-state index in [9.17, 15) is 14.7 Å². The van der Waals surface area contributed by atoms with Crippen molar-refractivity contribution in [3.05, 3.63) is 57.6 Å².